The number of aliphatic hydroxyl groups is 1. The summed E-state index contributed by atoms with van der Waals surface area (Å²) >= 11 is 1.24. The number of nitrogens with zero attached hydrogens (tertiary/aromatic N) is 7. The molecule has 2 heterocycles. The third-order valence-corrected chi connectivity index (χ3v) is 9.25. The molecule has 0 bridgehead atoms. The molecule has 5 rings (SSSR count). The molecule has 4 aromatic rings. The van der Waals surface area contributed by atoms with Gasteiger partial charge in [-0.1, -0.05) is 30.2 Å². The average Bonchev–Trinajstić information content (AvgIpc) is 3.81. The van der Waals surface area contributed by atoms with Crippen molar-refractivity contribution >= 4 is 66.6 Å². The second-order valence-corrected chi connectivity index (χ2v) is 13.3. The highest BCUT2D eigenvalue weighted by Crippen LogP contribution is 2.42. The predicted octanol–water partition coefficient (Wildman–Crippen LogP) is 6.59. The van der Waals surface area contributed by atoms with E-state index >= 15 is 4.39 Å². The number of hydrogen-bond acceptors (Lipinski definition) is 11. The van der Waals surface area contributed by atoms with Crippen LogP contribution in [0.4, 0.5) is 19.3 Å². The third-order valence-electron chi connectivity index (χ3n) is 8.22. The maximum Gasteiger partial charge on any atom is 0.411 e. The maximum absolute atomic E-state index is 15.5. The largest absolute Gasteiger partial charge is 0.443 e. The van der Waals surface area contributed by atoms with Gasteiger partial charge in [-0.05, 0) is 67.5 Å². The number of halogens is 4. The lowest BCUT2D eigenvalue weighted by Gasteiger charge is -2.38. The number of amides is 1. The molecule has 1 aliphatic heterocycles. The van der Waals surface area contributed by atoms with Crippen molar-refractivity contribution in [3.63, 3.8) is 0 Å². The molecule has 0 fully saturated rings. The van der Waals surface area contributed by atoms with Crippen LogP contribution in [-0.2, 0) is 19.9 Å². The molecule has 55 heavy (non-hydrogen) atoms. The summed E-state index contributed by atoms with van der Waals surface area (Å²) in [7, 11) is 3.49. The predicted molar refractivity (Wildman–Crippen MR) is 210 cm³/mol. The topological polar surface area (TPSA) is 154 Å². The van der Waals surface area contributed by atoms with E-state index in [1.807, 2.05) is 0 Å². The van der Waals surface area contributed by atoms with E-state index in [2.05, 4.69) is 32.4 Å². The highest BCUT2D eigenvalue weighted by Gasteiger charge is 2.49. The Kier molecular flexibility index (Phi) is 15.9. The summed E-state index contributed by atoms with van der Waals surface area (Å²) in [6, 6.07) is 21.1. The molecular formula is C37H38Cl2F2N8O5S+2. The zero-order chi connectivity index (χ0) is 38.0. The van der Waals surface area contributed by atoms with Crippen LogP contribution in [0.5, 0.6) is 0 Å². The number of nitrogens with one attached hydrogen (secondary N) is 1. The number of ether oxygens (including phenoxy) is 2. The fraction of sp³-hybridized carbons (Fsp3) is 0.270. The molecule has 2 N–H and O–H groups in total. The number of likely N-dealkylation sites (N-methyl/N-ethyl adjacent to an activating group) is 1. The van der Waals surface area contributed by atoms with Gasteiger partial charge in [0, 0.05) is 28.1 Å². The second kappa shape index (κ2) is 19.8. The molecule has 18 heteroatoms. The Morgan fingerprint density at radius 1 is 1.09 bits per heavy atom. The van der Waals surface area contributed by atoms with Crippen molar-refractivity contribution in [3.8, 4) is 23.4 Å². The van der Waals surface area contributed by atoms with Gasteiger partial charge in [0.25, 0.3) is 0 Å². The Balaban J connectivity index is 0.00000406. The molecule has 13 nitrogen and oxygen atoms in total. The van der Waals surface area contributed by atoms with E-state index in [1.54, 1.807) is 79.8 Å². The van der Waals surface area contributed by atoms with Crippen LogP contribution >= 0.6 is 36.2 Å². The van der Waals surface area contributed by atoms with E-state index in [0.717, 1.165) is 23.8 Å². The standard InChI is InChI=1S/C37H35F2N8O5S.2ClH/c1-25(35-45-33(20-53-35)28-9-7-26(17-40)8-10-28)37(50,31-16-29(38)11-12-32(31)39)21-47(23-42-22-43-47)13-14-51-36(49)44-30-6-4-5-27(15-30)18-41-24-52-34(48)19-46(2)3;;/h4-12,15-16,20,22-23,25,50H,13-14,19,21,24H2,1-3H3;2*1H/q+1;;/p+1/t25-,37+,47?;;/m0../s1. The van der Waals surface area contributed by atoms with Crippen LogP contribution in [0.3, 0.4) is 0 Å². The molecule has 0 saturated carbocycles. The number of esters is 1. The number of carbonyl (C=O) groups excluding carboxylic acids is 2. The number of rotatable bonds is 13. The molecule has 1 amide bonds. The van der Waals surface area contributed by atoms with E-state index in [4.69, 9.17) is 19.7 Å². The van der Waals surface area contributed by atoms with Crippen LogP contribution in [0.25, 0.3) is 16.1 Å². The molecule has 3 aromatic carbocycles. The minimum Gasteiger partial charge on any atom is -0.443 e. The van der Waals surface area contributed by atoms with Gasteiger partial charge in [0.05, 0.1) is 28.9 Å². The molecule has 0 spiro atoms. The van der Waals surface area contributed by atoms with Crippen molar-refractivity contribution < 1.29 is 37.5 Å². The average molecular weight is 816 g/mol. The van der Waals surface area contributed by atoms with E-state index in [0.29, 0.717) is 27.5 Å². The number of nitriles is 1. The summed E-state index contributed by atoms with van der Waals surface area (Å²) < 4.78 is 40.1. The lowest BCUT2D eigenvalue weighted by molar-refractivity contribution is -0.848. The van der Waals surface area contributed by atoms with Crippen molar-refractivity contribution in [3.05, 3.63) is 110 Å². The van der Waals surface area contributed by atoms with Gasteiger partial charge in [-0.3, -0.25) is 15.0 Å². The van der Waals surface area contributed by atoms with Gasteiger partial charge in [0.15, 0.2) is 11.9 Å². The van der Waals surface area contributed by atoms with E-state index in [1.165, 1.54) is 24.0 Å². The number of aliphatic imine (C=N–C) groups is 1. The molecule has 0 aliphatic carbocycles. The molecular weight excluding hydrogens is 777 g/mol. The van der Waals surface area contributed by atoms with Crippen LogP contribution in [-0.4, -0.2) is 91.4 Å². The number of carbonyl (C=O) groups is 2. The first-order valence-electron chi connectivity index (χ1n) is 16.3. The molecule has 0 radical (unpaired) electrons. The monoisotopic (exact) mass is 814 g/mol. The fourth-order valence-corrected chi connectivity index (χ4v) is 6.45. The summed E-state index contributed by atoms with van der Waals surface area (Å²) in [5.74, 6) is -2.88. The Morgan fingerprint density at radius 3 is 2.55 bits per heavy atom. The number of anilines is 1. The minimum atomic E-state index is -2.08. The lowest BCUT2D eigenvalue weighted by Crippen LogP contribution is -2.54. The smallest absolute Gasteiger partial charge is 0.411 e. The van der Waals surface area contributed by atoms with Crippen LogP contribution in [0.15, 0.2) is 82.2 Å². The molecule has 1 aromatic heterocycles. The highest BCUT2D eigenvalue weighted by atomic mass is 35.5. The van der Waals surface area contributed by atoms with Crippen LogP contribution in [0.1, 0.15) is 34.5 Å². The molecule has 1 unspecified atom stereocenters. The number of benzene rings is 3. The van der Waals surface area contributed by atoms with Crippen molar-refractivity contribution in [2.75, 3.05) is 52.4 Å². The van der Waals surface area contributed by atoms with Gasteiger partial charge in [0.1, 0.15) is 36.9 Å². The maximum atomic E-state index is 15.5. The minimum absolute atomic E-state index is 0. The summed E-state index contributed by atoms with van der Waals surface area (Å²) in [5, 5.41) is 30.9. The number of thiazole rings is 1. The van der Waals surface area contributed by atoms with Gasteiger partial charge in [-0.15, -0.1) is 40.7 Å². The number of hydrogen-bond donors (Lipinski definition) is 2. The van der Waals surface area contributed by atoms with E-state index in [9.17, 15) is 19.1 Å². The van der Waals surface area contributed by atoms with Gasteiger partial charge < -0.3 is 14.6 Å². The molecule has 3 atom stereocenters. The van der Waals surface area contributed by atoms with Gasteiger partial charge in [-0.2, -0.15) is 10.3 Å². The van der Waals surface area contributed by atoms with Crippen LogP contribution in [0, 0.1) is 29.0 Å². The van der Waals surface area contributed by atoms with Gasteiger partial charge in [-0.25, -0.2) is 18.6 Å². The molecule has 0 saturated heterocycles. The Labute approximate surface area is 332 Å². The zero-order valence-corrected chi connectivity index (χ0v) is 32.3. The first kappa shape index (κ1) is 44.1. The first-order chi connectivity index (χ1) is 25.4. The molecule has 288 valence electrons. The quantitative estimate of drug-likeness (QED) is 0.113. The second-order valence-electron chi connectivity index (χ2n) is 12.4. The first-order valence-corrected chi connectivity index (χ1v) is 17.1. The van der Waals surface area contributed by atoms with Crippen molar-refractivity contribution in [1.82, 2.24) is 9.88 Å². The van der Waals surface area contributed by atoms with E-state index in [-0.39, 0.29) is 63.3 Å². The third kappa shape index (κ3) is 11.6. The zero-order valence-electron chi connectivity index (χ0n) is 29.9. The lowest BCUT2D eigenvalue weighted by atomic mass is 9.81. The van der Waals surface area contributed by atoms with Crippen molar-refractivity contribution in [2.45, 2.75) is 18.4 Å². The normalized spacial score (nSPS) is 15.7. The SMILES string of the molecule is C[C@@H](c1nc(-c2ccc(C#N)cc2)cs1)[C@](O)(C[N+]1(CCOC(=O)Nc2cccc(C#[N+]COC(=O)CN(C)C)c2)C=NC=N1)c1cc(F)ccc1F.Cl.Cl. The summed E-state index contributed by atoms with van der Waals surface area (Å²) in [6.45, 7) is 1.06. The van der Waals surface area contributed by atoms with E-state index < -0.39 is 39.8 Å². The van der Waals surface area contributed by atoms with Crippen molar-refractivity contribution in [2.24, 2.45) is 10.1 Å². The van der Waals surface area contributed by atoms with Gasteiger partial charge >= 0.3 is 24.9 Å². The summed E-state index contributed by atoms with van der Waals surface area (Å²) in [4.78, 5) is 38.9. The highest BCUT2D eigenvalue weighted by molar-refractivity contribution is 7.10. The Hall–Kier alpha value is -5.33. The van der Waals surface area contributed by atoms with Crippen LogP contribution in [0.2, 0.25) is 0 Å². The van der Waals surface area contributed by atoms with Gasteiger partial charge in [0.2, 0.25) is 6.34 Å². The summed E-state index contributed by atoms with van der Waals surface area (Å²) in [6.07, 6.45) is 1.91. The Morgan fingerprint density at radius 2 is 1.85 bits per heavy atom. The Bertz CT molecular complexity index is 2120. The molecule has 1 aliphatic rings. The fourth-order valence-electron chi connectivity index (χ4n) is 5.48. The number of quaternary nitrogens is 1. The van der Waals surface area contributed by atoms with Crippen LogP contribution < -0.4 is 5.32 Å². The summed E-state index contributed by atoms with van der Waals surface area (Å²) in [5.41, 5.74) is 0.349. The number of aromatic nitrogens is 1. The van der Waals surface area contributed by atoms with Crippen molar-refractivity contribution in [1.29, 1.82) is 5.26 Å².